The van der Waals surface area contributed by atoms with Crippen molar-refractivity contribution in [1.29, 1.82) is 0 Å². The summed E-state index contributed by atoms with van der Waals surface area (Å²) in [4.78, 5) is 34.2. The molecule has 0 aliphatic carbocycles. The highest BCUT2D eigenvalue weighted by molar-refractivity contribution is 6.31. The number of benzene rings is 1. The zero-order valence-electron chi connectivity index (χ0n) is 12.5. The number of carbonyl (C=O) groups is 3. The molecule has 23 heavy (non-hydrogen) atoms. The molecule has 9 heteroatoms. The molecule has 1 aromatic carbocycles. The zero-order chi connectivity index (χ0) is 17.6. The predicted molar refractivity (Wildman–Crippen MR) is 81.5 cm³/mol. The molecule has 0 bridgehead atoms. The fourth-order valence-electron chi connectivity index (χ4n) is 1.52. The van der Waals surface area contributed by atoms with E-state index in [4.69, 9.17) is 11.6 Å². The molecule has 1 amide bonds. The van der Waals surface area contributed by atoms with E-state index in [9.17, 15) is 18.8 Å². The van der Waals surface area contributed by atoms with E-state index >= 15 is 0 Å². The van der Waals surface area contributed by atoms with Gasteiger partial charge in [0.2, 0.25) is 5.91 Å². The van der Waals surface area contributed by atoms with Crippen molar-refractivity contribution >= 4 is 40.8 Å². The number of nitrogens with one attached hydrogen (secondary N) is 2. The average Bonchev–Trinajstić information content (AvgIpc) is 2.49. The van der Waals surface area contributed by atoms with Gasteiger partial charge in [-0.1, -0.05) is 11.6 Å². The number of methoxy groups -OCH3 is 2. The first-order chi connectivity index (χ1) is 10.8. The number of anilines is 2. The van der Waals surface area contributed by atoms with Crippen molar-refractivity contribution in [3.05, 3.63) is 34.7 Å². The molecular weight excluding hydrogens is 331 g/mol. The maximum Gasteiger partial charge on any atom is 0.354 e. The Morgan fingerprint density at radius 1 is 1.13 bits per heavy atom. The van der Waals surface area contributed by atoms with Gasteiger partial charge in [-0.05, 0) is 6.07 Å². The molecule has 1 aromatic rings. The molecule has 2 N–H and O–H groups in total. The monoisotopic (exact) mass is 344 g/mol. The lowest BCUT2D eigenvalue weighted by atomic mass is 10.2. The van der Waals surface area contributed by atoms with Crippen LogP contribution in [0.5, 0.6) is 0 Å². The fourth-order valence-corrected chi connectivity index (χ4v) is 1.68. The average molecular weight is 345 g/mol. The highest BCUT2D eigenvalue weighted by atomic mass is 35.5. The van der Waals surface area contributed by atoms with Crippen LogP contribution in [0, 0.1) is 5.82 Å². The molecule has 0 saturated heterocycles. The molecule has 1 rings (SSSR count). The van der Waals surface area contributed by atoms with Crippen LogP contribution >= 0.6 is 11.6 Å². The summed E-state index contributed by atoms with van der Waals surface area (Å²) in [5.41, 5.74) is -0.195. The molecule has 124 valence electrons. The van der Waals surface area contributed by atoms with E-state index in [1.54, 1.807) is 0 Å². The number of hydrogen-bond donors (Lipinski definition) is 2. The lowest BCUT2D eigenvalue weighted by Crippen LogP contribution is -2.17. The van der Waals surface area contributed by atoms with E-state index in [2.05, 4.69) is 20.1 Å². The van der Waals surface area contributed by atoms with Crippen LogP contribution in [-0.4, -0.2) is 32.1 Å². The summed E-state index contributed by atoms with van der Waals surface area (Å²) in [6.45, 7) is 1.24. The number of esters is 2. The molecule has 0 heterocycles. The number of rotatable bonds is 5. The fraction of sp³-hybridized carbons (Fsp3) is 0.214. The third-order valence-electron chi connectivity index (χ3n) is 2.51. The van der Waals surface area contributed by atoms with Crippen molar-refractivity contribution < 1.29 is 28.2 Å². The zero-order valence-corrected chi connectivity index (χ0v) is 13.3. The summed E-state index contributed by atoms with van der Waals surface area (Å²) < 4.78 is 22.6. The van der Waals surface area contributed by atoms with Crippen molar-refractivity contribution in [2.45, 2.75) is 6.92 Å². The van der Waals surface area contributed by atoms with Crippen molar-refractivity contribution in [1.82, 2.24) is 0 Å². The largest absolute Gasteiger partial charge is 0.466 e. The maximum absolute atomic E-state index is 13.6. The molecule has 0 fully saturated rings. The Balaban J connectivity index is 3.29. The van der Waals surface area contributed by atoms with Gasteiger partial charge in [-0.25, -0.2) is 14.0 Å². The van der Waals surface area contributed by atoms with Gasteiger partial charge in [-0.15, -0.1) is 0 Å². The van der Waals surface area contributed by atoms with Gasteiger partial charge in [-0.3, -0.25) is 4.79 Å². The van der Waals surface area contributed by atoms with E-state index < -0.39 is 23.7 Å². The Morgan fingerprint density at radius 3 is 2.26 bits per heavy atom. The van der Waals surface area contributed by atoms with Crippen molar-refractivity contribution in [3.63, 3.8) is 0 Å². The molecule has 7 nitrogen and oxygen atoms in total. The van der Waals surface area contributed by atoms with Crippen LogP contribution in [0.3, 0.4) is 0 Å². The number of amides is 1. The molecule has 0 aliphatic heterocycles. The lowest BCUT2D eigenvalue weighted by molar-refractivity contribution is -0.138. The van der Waals surface area contributed by atoms with Crippen LogP contribution in [0.15, 0.2) is 23.9 Å². The van der Waals surface area contributed by atoms with E-state index in [0.29, 0.717) is 0 Å². The molecule has 0 atom stereocenters. The second-order valence-electron chi connectivity index (χ2n) is 4.19. The highest BCUT2D eigenvalue weighted by Crippen LogP contribution is 2.29. The van der Waals surface area contributed by atoms with Crippen LogP contribution in [0.4, 0.5) is 15.8 Å². The van der Waals surface area contributed by atoms with Gasteiger partial charge in [-0.2, -0.15) is 0 Å². The summed E-state index contributed by atoms with van der Waals surface area (Å²) in [6.07, 6.45) is 0.829. The maximum atomic E-state index is 13.6. The number of carbonyl (C=O) groups excluding carboxylic acids is 3. The minimum absolute atomic E-state index is 0.00246. The van der Waals surface area contributed by atoms with E-state index in [1.807, 2.05) is 0 Å². The SMILES string of the molecule is COC(=O)/C=C(/Nc1cc(F)c(Cl)cc1NC(C)=O)C(=O)OC. The van der Waals surface area contributed by atoms with E-state index in [-0.39, 0.29) is 22.1 Å². The normalized spacial score (nSPS) is 10.7. The van der Waals surface area contributed by atoms with Gasteiger partial charge in [0.05, 0.1) is 36.7 Å². The molecule has 0 saturated carbocycles. The third kappa shape index (κ3) is 5.26. The van der Waals surface area contributed by atoms with Crippen LogP contribution in [-0.2, 0) is 23.9 Å². The van der Waals surface area contributed by atoms with Crippen LogP contribution in [0.25, 0.3) is 0 Å². The number of ether oxygens (including phenoxy) is 2. The Kier molecular flexibility index (Phi) is 6.52. The standard InChI is InChI=1S/C14H14ClFN2O5/c1-7(19)17-10-4-8(15)9(16)5-11(10)18-12(14(21)23-3)6-13(20)22-2/h4-6,18H,1-3H3,(H,17,19)/b12-6+. The molecule has 0 spiro atoms. The highest BCUT2D eigenvalue weighted by Gasteiger charge is 2.17. The summed E-state index contributed by atoms with van der Waals surface area (Å²) >= 11 is 5.67. The van der Waals surface area contributed by atoms with E-state index in [0.717, 1.165) is 32.4 Å². The summed E-state index contributed by atoms with van der Waals surface area (Å²) in [7, 11) is 2.23. The number of halogens is 2. The van der Waals surface area contributed by atoms with Crippen molar-refractivity contribution in [2.24, 2.45) is 0 Å². The van der Waals surface area contributed by atoms with Gasteiger partial charge < -0.3 is 20.1 Å². The Hall–Kier alpha value is -2.61. The Labute approximate surface area is 136 Å². The summed E-state index contributed by atoms with van der Waals surface area (Å²) in [5, 5.41) is 4.71. The first kappa shape index (κ1) is 18.4. The third-order valence-corrected chi connectivity index (χ3v) is 2.80. The number of hydrogen-bond acceptors (Lipinski definition) is 6. The second kappa shape index (κ2) is 8.14. The Morgan fingerprint density at radius 2 is 1.74 bits per heavy atom. The van der Waals surface area contributed by atoms with Crippen LogP contribution < -0.4 is 10.6 Å². The van der Waals surface area contributed by atoms with Gasteiger partial charge in [0.1, 0.15) is 11.5 Å². The molecule has 0 aliphatic rings. The van der Waals surface area contributed by atoms with Crippen LogP contribution in [0.2, 0.25) is 5.02 Å². The second-order valence-corrected chi connectivity index (χ2v) is 4.60. The first-order valence-electron chi connectivity index (χ1n) is 6.20. The molecule has 0 radical (unpaired) electrons. The van der Waals surface area contributed by atoms with Gasteiger partial charge in [0.25, 0.3) is 0 Å². The molecule has 0 aromatic heterocycles. The van der Waals surface area contributed by atoms with Gasteiger partial charge >= 0.3 is 11.9 Å². The molecule has 0 unspecified atom stereocenters. The van der Waals surface area contributed by atoms with Crippen molar-refractivity contribution in [3.8, 4) is 0 Å². The van der Waals surface area contributed by atoms with Crippen molar-refractivity contribution in [2.75, 3.05) is 24.9 Å². The van der Waals surface area contributed by atoms with Crippen LogP contribution in [0.1, 0.15) is 6.92 Å². The summed E-state index contributed by atoms with van der Waals surface area (Å²) in [6, 6.07) is 2.12. The van der Waals surface area contributed by atoms with Gasteiger partial charge in [0.15, 0.2) is 0 Å². The summed E-state index contributed by atoms with van der Waals surface area (Å²) in [5.74, 6) is -2.94. The minimum atomic E-state index is -0.889. The topological polar surface area (TPSA) is 93.7 Å². The van der Waals surface area contributed by atoms with E-state index in [1.165, 1.54) is 6.92 Å². The molecular formula is C14H14ClFN2O5. The first-order valence-corrected chi connectivity index (χ1v) is 6.58. The predicted octanol–water partition coefficient (Wildman–Crippen LogP) is 2.08. The smallest absolute Gasteiger partial charge is 0.354 e. The minimum Gasteiger partial charge on any atom is -0.466 e. The lowest BCUT2D eigenvalue weighted by Gasteiger charge is -2.14. The van der Waals surface area contributed by atoms with Gasteiger partial charge in [0, 0.05) is 13.0 Å². The Bertz CT molecular complexity index is 675. The quantitative estimate of drug-likeness (QED) is 0.627.